The Morgan fingerprint density at radius 2 is 2.15 bits per heavy atom. The van der Waals surface area contributed by atoms with Crippen molar-refractivity contribution in [3.8, 4) is 5.75 Å². The molecule has 1 fully saturated rings. The zero-order valence-electron chi connectivity index (χ0n) is 15.0. The van der Waals surface area contributed by atoms with Crippen LogP contribution in [0.5, 0.6) is 5.75 Å². The van der Waals surface area contributed by atoms with Crippen LogP contribution in [-0.2, 0) is 14.8 Å². The van der Waals surface area contributed by atoms with Crippen molar-refractivity contribution in [1.82, 2.24) is 4.90 Å². The molecular weight excluding hydrogens is 362 g/mol. The van der Waals surface area contributed by atoms with Crippen LogP contribution < -0.4 is 9.04 Å². The van der Waals surface area contributed by atoms with Crippen LogP contribution in [0.1, 0.15) is 19.8 Å². The summed E-state index contributed by atoms with van der Waals surface area (Å²) >= 11 is 0. The first-order valence-electron chi connectivity index (χ1n) is 8.21. The number of nitrogens with zero attached hydrogens (tertiary/aromatic N) is 3. The highest BCUT2D eigenvalue weighted by Crippen LogP contribution is 2.33. The van der Waals surface area contributed by atoms with Crippen LogP contribution in [0.2, 0.25) is 0 Å². The Morgan fingerprint density at radius 3 is 2.69 bits per heavy atom. The van der Waals surface area contributed by atoms with Gasteiger partial charge in [0.25, 0.3) is 5.69 Å². The van der Waals surface area contributed by atoms with E-state index in [-0.39, 0.29) is 23.0 Å². The summed E-state index contributed by atoms with van der Waals surface area (Å²) in [6.07, 6.45) is 2.85. The highest BCUT2D eigenvalue weighted by molar-refractivity contribution is 7.92. The minimum Gasteiger partial charge on any atom is -0.495 e. The number of rotatable bonds is 6. The predicted octanol–water partition coefficient (Wildman–Crippen LogP) is 1.63. The fraction of sp³-hybridized carbons (Fsp3) is 0.562. The predicted molar refractivity (Wildman–Crippen MR) is 96.8 cm³/mol. The monoisotopic (exact) mass is 385 g/mol. The molecular formula is C16H23N3O6S. The maximum absolute atomic E-state index is 12.6. The second-order valence-corrected chi connectivity index (χ2v) is 8.38. The van der Waals surface area contributed by atoms with Crippen molar-refractivity contribution in [2.24, 2.45) is 5.92 Å². The Bertz CT molecular complexity index is 795. The van der Waals surface area contributed by atoms with E-state index in [1.807, 2.05) is 6.92 Å². The molecule has 26 heavy (non-hydrogen) atoms. The second-order valence-electron chi connectivity index (χ2n) is 6.47. The number of sulfonamides is 1. The summed E-state index contributed by atoms with van der Waals surface area (Å²) in [7, 11) is -2.52. The largest absolute Gasteiger partial charge is 0.495 e. The van der Waals surface area contributed by atoms with Gasteiger partial charge in [0, 0.05) is 25.2 Å². The molecule has 0 saturated carbocycles. The summed E-state index contributed by atoms with van der Waals surface area (Å²) in [5.74, 6) is 0.156. The first-order chi connectivity index (χ1) is 12.1. The van der Waals surface area contributed by atoms with Gasteiger partial charge in [-0.3, -0.25) is 19.2 Å². The number of likely N-dealkylation sites (tertiary alicyclic amines) is 1. The molecule has 144 valence electrons. The first kappa shape index (κ1) is 20.0. The summed E-state index contributed by atoms with van der Waals surface area (Å²) in [4.78, 5) is 24.7. The first-order valence-corrected chi connectivity index (χ1v) is 10.1. The minimum atomic E-state index is -3.86. The number of nitro benzene ring substituents is 1. The number of benzene rings is 1. The number of ether oxygens (including phenoxy) is 1. The van der Waals surface area contributed by atoms with Crippen molar-refractivity contribution >= 4 is 27.3 Å². The smallest absolute Gasteiger partial charge is 0.271 e. The highest BCUT2D eigenvalue weighted by Gasteiger charge is 2.29. The molecule has 0 aliphatic carbocycles. The molecule has 1 aromatic carbocycles. The topological polar surface area (TPSA) is 110 Å². The number of piperidine rings is 1. The van der Waals surface area contributed by atoms with Gasteiger partial charge in [-0.05, 0) is 24.8 Å². The van der Waals surface area contributed by atoms with Gasteiger partial charge in [-0.1, -0.05) is 6.92 Å². The summed E-state index contributed by atoms with van der Waals surface area (Å²) in [5, 5.41) is 11.1. The molecule has 1 amide bonds. The quantitative estimate of drug-likeness (QED) is 0.544. The number of hydrogen-bond donors (Lipinski definition) is 0. The lowest BCUT2D eigenvalue weighted by Gasteiger charge is -2.33. The molecule has 0 radical (unpaired) electrons. The van der Waals surface area contributed by atoms with Gasteiger partial charge in [-0.15, -0.1) is 0 Å². The Kier molecular flexibility index (Phi) is 6.06. The highest BCUT2D eigenvalue weighted by atomic mass is 32.2. The summed E-state index contributed by atoms with van der Waals surface area (Å²) in [6.45, 7) is 2.76. The fourth-order valence-electron chi connectivity index (χ4n) is 3.01. The molecule has 1 aliphatic heterocycles. The van der Waals surface area contributed by atoms with Crippen LogP contribution in [0.25, 0.3) is 0 Å². The molecule has 0 N–H and O–H groups in total. The second kappa shape index (κ2) is 7.90. The minimum absolute atomic E-state index is 0.0254. The van der Waals surface area contributed by atoms with E-state index in [0.29, 0.717) is 19.0 Å². The van der Waals surface area contributed by atoms with E-state index in [1.165, 1.54) is 19.2 Å². The molecule has 0 bridgehead atoms. The average molecular weight is 385 g/mol. The average Bonchev–Trinajstić information content (AvgIpc) is 2.57. The molecule has 1 atom stereocenters. The van der Waals surface area contributed by atoms with E-state index in [0.717, 1.165) is 29.5 Å². The lowest BCUT2D eigenvalue weighted by atomic mass is 10.0. The molecule has 1 aromatic rings. The lowest BCUT2D eigenvalue weighted by molar-refractivity contribution is -0.384. The number of carbonyl (C=O) groups is 1. The maximum Gasteiger partial charge on any atom is 0.271 e. The molecule has 1 heterocycles. The zero-order chi connectivity index (χ0) is 19.5. The number of amides is 1. The third-order valence-electron chi connectivity index (χ3n) is 4.33. The van der Waals surface area contributed by atoms with Gasteiger partial charge in [0.2, 0.25) is 15.9 Å². The van der Waals surface area contributed by atoms with E-state index in [2.05, 4.69) is 0 Å². The molecule has 1 saturated heterocycles. The van der Waals surface area contributed by atoms with Gasteiger partial charge in [0.05, 0.1) is 18.3 Å². The van der Waals surface area contributed by atoms with Crippen molar-refractivity contribution in [2.45, 2.75) is 19.8 Å². The van der Waals surface area contributed by atoms with Crippen molar-refractivity contribution in [3.05, 3.63) is 28.3 Å². The van der Waals surface area contributed by atoms with Crippen LogP contribution in [-0.4, -0.2) is 57.1 Å². The van der Waals surface area contributed by atoms with Crippen LogP contribution in [0.3, 0.4) is 0 Å². The van der Waals surface area contributed by atoms with Gasteiger partial charge >= 0.3 is 0 Å². The third kappa shape index (κ3) is 4.63. The third-order valence-corrected chi connectivity index (χ3v) is 5.46. The van der Waals surface area contributed by atoms with E-state index in [9.17, 15) is 23.3 Å². The van der Waals surface area contributed by atoms with Gasteiger partial charge < -0.3 is 9.64 Å². The number of anilines is 1. The molecule has 0 aromatic heterocycles. The van der Waals surface area contributed by atoms with Crippen LogP contribution >= 0.6 is 0 Å². The van der Waals surface area contributed by atoms with E-state index >= 15 is 0 Å². The van der Waals surface area contributed by atoms with E-state index < -0.39 is 21.5 Å². The van der Waals surface area contributed by atoms with Gasteiger partial charge in [-0.2, -0.15) is 0 Å². The van der Waals surface area contributed by atoms with Crippen LogP contribution in [0, 0.1) is 16.0 Å². The van der Waals surface area contributed by atoms with E-state index in [4.69, 9.17) is 4.74 Å². The number of non-ortho nitro benzene ring substituents is 1. The molecule has 0 unspecified atom stereocenters. The zero-order valence-corrected chi connectivity index (χ0v) is 15.9. The van der Waals surface area contributed by atoms with E-state index in [1.54, 1.807) is 4.90 Å². The Hall–Kier alpha value is -2.36. The summed E-state index contributed by atoms with van der Waals surface area (Å²) in [5.41, 5.74) is -0.309. The van der Waals surface area contributed by atoms with Crippen molar-refractivity contribution in [3.63, 3.8) is 0 Å². The van der Waals surface area contributed by atoms with Crippen molar-refractivity contribution in [2.75, 3.05) is 37.3 Å². The van der Waals surface area contributed by atoms with Crippen molar-refractivity contribution in [1.29, 1.82) is 0 Å². The normalized spacial score (nSPS) is 17.7. The fourth-order valence-corrected chi connectivity index (χ4v) is 3.85. The van der Waals surface area contributed by atoms with Gasteiger partial charge in [0.15, 0.2) is 0 Å². The van der Waals surface area contributed by atoms with Crippen molar-refractivity contribution < 1.29 is 22.9 Å². The Labute approximate surface area is 152 Å². The summed E-state index contributed by atoms with van der Waals surface area (Å²) < 4.78 is 30.6. The number of nitro groups is 1. The lowest BCUT2D eigenvalue weighted by Crippen LogP contribution is -2.46. The SMILES string of the molecule is COc1ccc([N+](=O)[O-])cc1N(CC(=O)N1CCC[C@@H](C)C1)S(C)(=O)=O. The Morgan fingerprint density at radius 1 is 1.46 bits per heavy atom. The van der Waals surface area contributed by atoms with Crippen LogP contribution in [0.15, 0.2) is 18.2 Å². The molecule has 1 aliphatic rings. The maximum atomic E-state index is 12.6. The molecule has 9 nitrogen and oxygen atoms in total. The number of methoxy groups -OCH3 is 1. The molecule has 0 spiro atoms. The Balaban J connectivity index is 2.38. The van der Waals surface area contributed by atoms with Crippen LogP contribution in [0.4, 0.5) is 11.4 Å². The summed E-state index contributed by atoms with van der Waals surface area (Å²) in [6, 6.07) is 3.64. The molecule has 10 heteroatoms. The van der Waals surface area contributed by atoms with Gasteiger partial charge in [-0.25, -0.2) is 8.42 Å². The molecule has 2 rings (SSSR count). The standard InChI is InChI=1S/C16H23N3O6S/c1-12-5-4-8-17(10-12)16(20)11-18(26(3,23)24)14-9-13(19(21)22)6-7-15(14)25-2/h6-7,9,12H,4-5,8,10-11H2,1-3H3/t12-/m1/s1. The number of hydrogen-bond acceptors (Lipinski definition) is 6. The number of carbonyl (C=O) groups excluding carboxylic acids is 1. The van der Waals surface area contributed by atoms with Gasteiger partial charge in [0.1, 0.15) is 18.0 Å².